The van der Waals surface area contributed by atoms with Crippen LogP contribution in [-0.4, -0.2) is 32.0 Å². The monoisotopic (exact) mass is 392 g/mol. The van der Waals surface area contributed by atoms with Crippen molar-refractivity contribution in [2.75, 3.05) is 18.8 Å². The number of hydrogen-bond acceptors (Lipinski definition) is 3. The third kappa shape index (κ3) is 4.55. The molecule has 21 heavy (non-hydrogen) atoms. The molecular formula is C11H13BrF4N2O2S. The van der Waals surface area contributed by atoms with Crippen LogP contribution in [0, 0.1) is 5.82 Å². The smallest absolute Gasteiger partial charge is 0.399 e. The highest BCUT2D eigenvalue weighted by molar-refractivity contribution is 9.10. The molecule has 4 nitrogen and oxygen atoms in total. The van der Waals surface area contributed by atoms with Gasteiger partial charge in [-0.05, 0) is 34.5 Å². The minimum absolute atomic E-state index is 0.0784. The van der Waals surface area contributed by atoms with Crippen LogP contribution in [0.5, 0.6) is 0 Å². The molecule has 0 radical (unpaired) electrons. The molecular weight excluding hydrogens is 380 g/mol. The number of sulfonamides is 1. The summed E-state index contributed by atoms with van der Waals surface area (Å²) < 4.78 is 75.9. The zero-order valence-electron chi connectivity index (χ0n) is 10.9. The summed E-state index contributed by atoms with van der Waals surface area (Å²) in [5.41, 5.74) is 5.35. The quantitative estimate of drug-likeness (QED) is 0.618. The molecule has 0 heterocycles. The van der Waals surface area contributed by atoms with Crippen molar-refractivity contribution in [1.29, 1.82) is 0 Å². The van der Waals surface area contributed by atoms with E-state index in [1.54, 1.807) is 0 Å². The van der Waals surface area contributed by atoms with Crippen LogP contribution in [0.1, 0.15) is 13.3 Å². The van der Waals surface area contributed by atoms with E-state index < -0.39 is 33.5 Å². The average molecular weight is 393 g/mol. The molecule has 0 fully saturated rings. The maximum Gasteiger partial charge on any atom is 0.402 e. The first-order valence-electron chi connectivity index (χ1n) is 5.80. The summed E-state index contributed by atoms with van der Waals surface area (Å²) in [6, 6.07) is 1.93. The highest BCUT2D eigenvalue weighted by Crippen LogP contribution is 2.30. The summed E-state index contributed by atoms with van der Waals surface area (Å²) >= 11 is 2.78. The van der Waals surface area contributed by atoms with E-state index in [-0.39, 0.29) is 27.4 Å². The van der Waals surface area contributed by atoms with E-state index in [0.29, 0.717) is 0 Å². The maximum absolute atomic E-state index is 13.9. The minimum Gasteiger partial charge on any atom is -0.399 e. The summed E-state index contributed by atoms with van der Waals surface area (Å²) in [6.45, 7) is -0.548. The molecule has 0 aliphatic heterocycles. The Balaban J connectivity index is 3.36. The number of alkyl halides is 3. The summed E-state index contributed by atoms with van der Waals surface area (Å²) in [7, 11) is -4.64. The molecule has 120 valence electrons. The lowest BCUT2D eigenvalue weighted by Gasteiger charge is -2.23. The van der Waals surface area contributed by atoms with Crippen LogP contribution in [-0.2, 0) is 10.0 Å². The fraction of sp³-hybridized carbons (Fsp3) is 0.455. The molecule has 0 amide bonds. The number of anilines is 1. The molecule has 0 saturated heterocycles. The Bertz CT molecular complexity index is 619. The van der Waals surface area contributed by atoms with Crippen molar-refractivity contribution < 1.29 is 26.0 Å². The molecule has 0 atom stereocenters. The van der Waals surface area contributed by atoms with Crippen LogP contribution in [0.3, 0.4) is 0 Å². The molecule has 10 heteroatoms. The van der Waals surface area contributed by atoms with Gasteiger partial charge >= 0.3 is 6.18 Å². The fourth-order valence-corrected chi connectivity index (χ4v) is 3.89. The van der Waals surface area contributed by atoms with Gasteiger partial charge in [-0.25, -0.2) is 12.8 Å². The lowest BCUT2D eigenvalue weighted by molar-refractivity contribution is -0.136. The zero-order valence-corrected chi connectivity index (χ0v) is 13.3. The van der Waals surface area contributed by atoms with Gasteiger partial charge in [0.15, 0.2) is 5.82 Å². The van der Waals surface area contributed by atoms with E-state index in [4.69, 9.17) is 5.73 Å². The Morgan fingerprint density at radius 3 is 2.38 bits per heavy atom. The normalized spacial score (nSPS) is 12.9. The number of hydrogen-bond donors (Lipinski definition) is 1. The van der Waals surface area contributed by atoms with Crippen molar-refractivity contribution in [2.24, 2.45) is 0 Å². The van der Waals surface area contributed by atoms with Gasteiger partial charge in [-0.1, -0.05) is 6.92 Å². The van der Waals surface area contributed by atoms with Crippen molar-refractivity contribution in [3.05, 3.63) is 22.4 Å². The second kappa shape index (κ2) is 6.49. The van der Waals surface area contributed by atoms with Crippen LogP contribution in [0.25, 0.3) is 0 Å². The first-order chi connectivity index (χ1) is 9.49. The van der Waals surface area contributed by atoms with Gasteiger partial charge in [-0.2, -0.15) is 17.5 Å². The van der Waals surface area contributed by atoms with E-state index in [9.17, 15) is 26.0 Å². The second-order valence-corrected chi connectivity index (χ2v) is 7.03. The Hall–Kier alpha value is -0.870. The van der Waals surface area contributed by atoms with E-state index in [1.807, 2.05) is 0 Å². The third-order valence-electron chi connectivity index (χ3n) is 2.46. The average Bonchev–Trinajstić information content (AvgIpc) is 2.31. The molecule has 0 bridgehead atoms. The lowest BCUT2D eigenvalue weighted by atomic mass is 10.3. The maximum atomic E-state index is 13.9. The third-order valence-corrected chi connectivity index (χ3v) is 4.89. The first-order valence-corrected chi connectivity index (χ1v) is 8.03. The number of benzene rings is 1. The van der Waals surface area contributed by atoms with Gasteiger partial charge in [-0.15, -0.1) is 0 Å². The van der Waals surface area contributed by atoms with Crippen molar-refractivity contribution >= 4 is 31.6 Å². The first kappa shape index (κ1) is 18.2. The number of nitrogen functional groups attached to an aromatic ring is 1. The molecule has 0 spiro atoms. The van der Waals surface area contributed by atoms with Gasteiger partial charge in [0.1, 0.15) is 11.4 Å². The molecule has 0 aliphatic carbocycles. The Labute approximate surface area is 128 Å². The molecule has 2 N–H and O–H groups in total. The van der Waals surface area contributed by atoms with E-state index in [2.05, 4.69) is 15.9 Å². The van der Waals surface area contributed by atoms with Gasteiger partial charge in [-0.3, -0.25) is 0 Å². The molecule has 0 saturated carbocycles. The molecule has 1 aromatic rings. The Kier molecular flexibility index (Phi) is 5.62. The number of nitrogens with two attached hydrogens (primary N) is 1. The summed E-state index contributed by atoms with van der Waals surface area (Å²) in [4.78, 5) is -0.882. The van der Waals surface area contributed by atoms with E-state index in [0.717, 1.165) is 12.1 Å². The highest BCUT2D eigenvalue weighted by Gasteiger charge is 2.38. The Morgan fingerprint density at radius 1 is 1.33 bits per heavy atom. The zero-order chi connectivity index (χ0) is 16.4. The van der Waals surface area contributed by atoms with Crippen LogP contribution in [0.4, 0.5) is 23.2 Å². The minimum atomic E-state index is -4.73. The van der Waals surface area contributed by atoms with Crippen molar-refractivity contribution in [1.82, 2.24) is 4.31 Å². The topological polar surface area (TPSA) is 63.4 Å². The van der Waals surface area contributed by atoms with Crippen molar-refractivity contribution in [3.8, 4) is 0 Å². The number of nitrogens with zero attached hydrogens (tertiary/aromatic N) is 1. The second-order valence-electron chi connectivity index (χ2n) is 4.27. The number of rotatable bonds is 5. The van der Waals surface area contributed by atoms with Crippen LogP contribution >= 0.6 is 15.9 Å². The van der Waals surface area contributed by atoms with Gasteiger partial charge < -0.3 is 5.73 Å². The van der Waals surface area contributed by atoms with Crippen molar-refractivity contribution in [3.63, 3.8) is 0 Å². The molecule has 1 rings (SSSR count). The van der Waals surface area contributed by atoms with Gasteiger partial charge in [0, 0.05) is 12.2 Å². The summed E-state index contributed by atoms with van der Waals surface area (Å²) in [5, 5.41) is 0. The van der Waals surface area contributed by atoms with Crippen LogP contribution < -0.4 is 5.73 Å². The largest absolute Gasteiger partial charge is 0.402 e. The predicted octanol–water partition coefficient (Wildman–Crippen LogP) is 3.13. The Morgan fingerprint density at radius 2 is 1.90 bits per heavy atom. The van der Waals surface area contributed by atoms with Gasteiger partial charge in [0.25, 0.3) is 0 Å². The van der Waals surface area contributed by atoms with Crippen LogP contribution in [0.2, 0.25) is 0 Å². The lowest BCUT2D eigenvalue weighted by Crippen LogP contribution is -2.39. The van der Waals surface area contributed by atoms with Crippen LogP contribution in [0.15, 0.2) is 21.5 Å². The summed E-state index contributed by atoms with van der Waals surface area (Å²) in [6.07, 6.45) is -4.57. The van der Waals surface area contributed by atoms with Crippen molar-refractivity contribution in [2.45, 2.75) is 24.4 Å². The molecule has 0 aliphatic rings. The van der Waals surface area contributed by atoms with Gasteiger partial charge in [0.2, 0.25) is 10.0 Å². The number of halogens is 5. The van der Waals surface area contributed by atoms with E-state index >= 15 is 0 Å². The molecule has 1 aromatic carbocycles. The SMILES string of the molecule is CCCN(CC(F)(F)F)S(=O)(=O)c1cc(N)cc(Br)c1F. The predicted molar refractivity (Wildman–Crippen MR) is 73.6 cm³/mol. The molecule has 0 unspecified atom stereocenters. The molecule has 0 aromatic heterocycles. The standard InChI is InChI=1S/C11H13BrF4N2O2S/c1-2-3-18(6-11(14,15)16)21(19,20)9-5-7(17)4-8(12)10(9)13/h4-5H,2-3,6,17H2,1H3. The van der Waals surface area contributed by atoms with E-state index in [1.165, 1.54) is 6.92 Å². The highest BCUT2D eigenvalue weighted by atomic mass is 79.9. The van der Waals surface area contributed by atoms with Gasteiger partial charge in [0.05, 0.1) is 4.47 Å². The fourth-order valence-electron chi connectivity index (χ4n) is 1.64. The summed E-state index contributed by atoms with van der Waals surface area (Å²) in [5.74, 6) is -1.17.